The summed E-state index contributed by atoms with van der Waals surface area (Å²) in [5.41, 5.74) is 0.772. The Morgan fingerprint density at radius 2 is 1.52 bits per heavy atom. The van der Waals surface area contributed by atoms with Gasteiger partial charge in [-0.15, -0.1) is 0 Å². The molecule has 1 fully saturated rings. The number of nitrogens with zero attached hydrogens (tertiary/aromatic N) is 1. The Balaban J connectivity index is 1.56. The second kappa shape index (κ2) is 19.6. The summed E-state index contributed by atoms with van der Waals surface area (Å²) in [7, 11) is 0. The number of anilines is 1. The van der Waals surface area contributed by atoms with Gasteiger partial charge in [0.2, 0.25) is 11.8 Å². The fourth-order valence-corrected chi connectivity index (χ4v) is 6.47. The molecule has 5 amide bonds. The molecule has 50 heavy (non-hydrogen) atoms. The summed E-state index contributed by atoms with van der Waals surface area (Å²) in [5, 5.41) is 21.8. The number of aliphatic hydroxyl groups is 1. The van der Waals surface area contributed by atoms with E-state index < -0.39 is 23.8 Å². The smallest absolute Gasteiger partial charge is 0.407 e. The predicted octanol–water partition coefficient (Wildman–Crippen LogP) is 4.81. The molecule has 1 aromatic rings. The fourth-order valence-electron chi connectivity index (χ4n) is 6.47. The van der Waals surface area contributed by atoms with Crippen molar-refractivity contribution in [2.45, 2.75) is 130 Å². The van der Waals surface area contributed by atoms with Crippen molar-refractivity contribution in [2.24, 2.45) is 17.8 Å². The van der Waals surface area contributed by atoms with E-state index in [1.165, 1.54) is 17.1 Å². The van der Waals surface area contributed by atoms with Gasteiger partial charge in [-0.3, -0.25) is 24.1 Å². The molecule has 0 bridgehead atoms. The minimum atomic E-state index is -0.745. The molecule has 0 spiro atoms. The Morgan fingerprint density at radius 3 is 2.10 bits per heavy atom. The first kappa shape index (κ1) is 40.7. The molecular weight excluding hydrogens is 638 g/mol. The van der Waals surface area contributed by atoms with E-state index in [9.17, 15) is 29.1 Å². The SMILES string of the molecule is CC(C)[C@H](N[C@@H](C)CCCCCN1C(=O)C=CC1=O)C(=O)N[C@@H](C[C@H]1CC[C@H](CNC(=O)OC(C)(C)C)CC1)C(=O)Nc1ccc(CO)cc1. The highest BCUT2D eigenvalue weighted by Crippen LogP contribution is 2.32. The number of imide groups is 1. The van der Waals surface area contributed by atoms with E-state index in [-0.39, 0.29) is 48.1 Å². The molecule has 3 rings (SSSR count). The molecule has 12 nitrogen and oxygen atoms in total. The lowest BCUT2D eigenvalue weighted by Gasteiger charge is -2.32. The zero-order valence-electron chi connectivity index (χ0n) is 30.8. The van der Waals surface area contributed by atoms with Gasteiger partial charge in [0.15, 0.2) is 0 Å². The van der Waals surface area contributed by atoms with E-state index in [0.29, 0.717) is 31.1 Å². The first-order chi connectivity index (χ1) is 23.6. The zero-order valence-corrected chi connectivity index (χ0v) is 30.8. The van der Waals surface area contributed by atoms with E-state index >= 15 is 0 Å². The fraction of sp³-hybridized carbons (Fsp3) is 0.658. The van der Waals surface area contributed by atoms with Crippen LogP contribution in [0.15, 0.2) is 36.4 Å². The number of carbonyl (C=O) groups excluding carboxylic acids is 5. The van der Waals surface area contributed by atoms with Crippen molar-refractivity contribution in [1.82, 2.24) is 20.9 Å². The van der Waals surface area contributed by atoms with Gasteiger partial charge in [-0.05, 0) is 95.2 Å². The summed E-state index contributed by atoms with van der Waals surface area (Å²) in [6, 6.07) is 5.75. The second-order valence-corrected chi connectivity index (χ2v) is 15.2. The van der Waals surface area contributed by atoms with Crippen LogP contribution in [0.2, 0.25) is 0 Å². The molecule has 1 saturated carbocycles. The van der Waals surface area contributed by atoms with Crippen molar-refractivity contribution in [3.8, 4) is 0 Å². The highest BCUT2D eigenvalue weighted by molar-refractivity contribution is 6.12. The Morgan fingerprint density at radius 1 is 0.900 bits per heavy atom. The molecule has 0 aromatic heterocycles. The maximum absolute atomic E-state index is 13.8. The number of amides is 5. The largest absolute Gasteiger partial charge is 0.444 e. The summed E-state index contributed by atoms with van der Waals surface area (Å²) in [4.78, 5) is 64.4. The highest BCUT2D eigenvalue weighted by atomic mass is 16.6. The molecule has 278 valence electrons. The van der Waals surface area contributed by atoms with Crippen LogP contribution in [-0.2, 0) is 30.5 Å². The van der Waals surface area contributed by atoms with E-state index in [4.69, 9.17) is 4.74 Å². The van der Waals surface area contributed by atoms with Crippen molar-refractivity contribution in [3.05, 3.63) is 42.0 Å². The Labute approximate surface area is 297 Å². The van der Waals surface area contributed by atoms with Crippen LogP contribution in [0.1, 0.15) is 105 Å². The van der Waals surface area contributed by atoms with Gasteiger partial charge in [-0.1, -0.05) is 51.7 Å². The number of carbonyl (C=O) groups is 5. The molecule has 0 radical (unpaired) electrons. The van der Waals surface area contributed by atoms with E-state index in [1.54, 1.807) is 24.3 Å². The number of benzene rings is 1. The van der Waals surface area contributed by atoms with Crippen molar-refractivity contribution in [3.63, 3.8) is 0 Å². The van der Waals surface area contributed by atoms with Crippen LogP contribution >= 0.6 is 0 Å². The minimum absolute atomic E-state index is 0.0280. The van der Waals surface area contributed by atoms with Crippen LogP contribution in [0.3, 0.4) is 0 Å². The van der Waals surface area contributed by atoms with E-state index in [1.807, 2.05) is 41.5 Å². The molecule has 1 aromatic carbocycles. The highest BCUT2D eigenvalue weighted by Gasteiger charge is 2.32. The Bertz CT molecular complexity index is 1300. The average molecular weight is 698 g/mol. The maximum Gasteiger partial charge on any atom is 0.407 e. The number of alkyl carbamates (subject to hydrolysis) is 1. The molecule has 0 unspecified atom stereocenters. The van der Waals surface area contributed by atoms with Crippen LogP contribution in [0.5, 0.6) is 0 Å². The second-order valence-electron chi connectivity index (χ2n) is 15.2. The summed E-state index contributed by atoms with van der Waals surface area (Å²) in [6.07, 6.45) is 9.51. The first-order valence-corrected chi connectivity index (χ1v) is 18.2. The van der Waals surface area contributed by atoms with Crippen molar-refractivity contribution in [1.29, 1.82) is 0 Å². The van der Waals surface area contributed by atoms with Gasteiger partial charge in [0.1, 0.15) is 11.6 Å². The Kier molecular flexibility index (Phi) is 15.9. The van der Waals surface area contributed by atoms with Crippen LogP contribution in [0.25, 0.3) is 0 Å². The maximum atomic E-state index is 13.8. The van der Waals surface area contributed by atoms with E-state index in [0.717, 1.165) is 56.9 Å². The average Bonchev–Trinajstić information content (AvgIpc) is 3.38. The third kappa shape index (κ3) is 13.9. The third-order valence-corrected chi connectivity index (χ3v) is 9.34. The number of hydrogen-bond acceptors (Lipinski definition) is 8. The lowest BCUT2D eigenvalue weighted by Crippen LogP contribution is -2.55. The molecule has 1 heterocycles. The monoisotopic (exact) mass is 697 g/mol. The number of rotatable bonds is 18. The molecule has 0 saturated heterocycles. The lowest BCUT2D eigenvalue weighted by atomic mass is 9.79. The van der Waals surface area contributed by atoms with E-state index in [2.05, 4.69) is 21.3 Å². The number of ether oxygens (including phenoxy) is 1. The van der Waals surface area contributed by atoms with Gasteiger partial charge in [0.05, 0.1) is 12.6 Å². The predicted molar refractivity (Wildman–Crippen MR) is 193 cm³/mol. The van der Waals surface area contributed by atoms with Crippen LogP contribution in [0.4, 0.5) is 10.5 Å². The van der Waals surface area contributed by atoms with Crippen molar-refractivity contribution < 1.29 is 33.8 Å². The summed E-state index contributed by atoms with van der Waals surface area (Å²) >= 11 is 0. The molecule has 1 aliphatic carbocycles. The van der Waals surface area contributed by atoms with Gasteiger partial charge in [-0.25, -0.2) is 4.79 Å². The topological polar surface area (TPSA) is 166 Å². The van der Waals surface area contributed by atoms with Gasteiger partial charge in [0.25, 0.3) is 11.8 Å². The van der Waals surface area contributed by atoms with Crippen LogP contribution < -0.4 is 21.3 Å². The molecule has 3 atom stereocenters. The van der Waals surface area contributed by atoms with Crippen LogP contribution in [0, 0.1) is 17.8 Å². The van der Waals surface area contributed by atoms with Gasteiger partial charge < -0.3 is 31.1 Å². The normalized spacial score (nSPS) is 19.6. The van der Waals surface area contributed by atoms with Gasteiger partial charge >= 0.3 is 6.09 Å². The lowest BCUT2D eigenvalue weighted by molar-refractivity contribution is -0.136. The zero-order chi connectivity index (χ0) is 36.8. The van der Waals surface area contributed by atoms with Crippen molar-refractivity contribution in [2.75, 3.05) is 18.4 Å². The standard InChI is InChI=1S/C38H59N5O7/c1-25(2)34(40-26(3)10-8-7-9-21-43-32(45)19-20-33(43)46)36(48)42-31(35(47)41-30-17-15-29(24-44)16-18-30)22-27-11-13-28(14-12-27)23-39-37(49)50-38(4,5)6/h15-20,25-28,31,34,40,44H,7-14,21-24H2,1-6H3,(H,39,49)(H,41,47)(H,42,48)/t26-,27-,28-,31-,34-/m0/s1. The summed E-state index contributed by atoms with van der Waals surface area (Å²) < 4.78 is 5.36. The first-order valence-electron chi connectivity index (χ1n) is 18.2. The third-order valence-electron chi connectivity index (χ3n) is 9.34. The molecular formula is C38H59N5O7. The number of aliphatic hydroxyl groups excluding tert-OH is 1. The molecule has 12 heteroatoms. The summed E-state index contributed by atoms with van der Waals surface area (Å²) in [5.74, 6) is -0.512. The molecule has 2 aliphatic rings. The number of unbranched alkanes of at least 4 members (excludes halogenated alkanes) is 2. The minimum Gasteiger partial charge on any atom is -0.444 e. The number of nitrogens with one attached hydrogen (secondary N) is 4. The van der Waals surface area contributed by atoms with Gasteiger partial charge in [-0.2, -0.15) is 0 Å². The molecule has 5 N–H and O–H groups in total. The summed E-state index contributed by atoms with van der Waals surface area (Å²) in [6.45, 7) is 12.4. The van der Waals surface area contributed by atoms with Gasteiger partial charge in [0, 0.05) is 37.0 Å². The Hall–Kier alpha value is -3.77. The van der Waals surface area contributed by atoms with Crippen LogP contribution in [-0.4, -0.2) is 76.5 Å². The molecule has 1 aliphatic heterocycles. The number of hydrogen-bond donors (Lipinski definition) is 5. The van der Waals surface area contributed by atoms with Crippen molar-refractivity contribution >= 4 is 35.4 Å². The quantitative estimate of drug-likeness (QED) is 0.108.